The van der Waals surface area contributed by atoms with E-state index in [1.54, 1.807) is 0 Å². The molecule has 1 aliphatic rings. The van der Waals surface area contributed by atoms with Gasteiger partial charge in [0.2, 0.25) is 0 Å². The third-order valence-electron chi connectivity index (χ3n) is 3.18. The lowest BCUT2D eigenvalue weighted by atomic mass is 10.1. The second-order valence-corrected chi connectivity index (χ2v) is 4.69. The van der Waals surface area contributed by atoms with E-state index in [1.165, 1.54) is 0 Å². The molecule has 0 amide bonds. The molecule has 1 fully saturated rings. The number of rotatable bonds is 4. The third-order valence-corrected chi connectivity index (χ3v) is 3.18. The Hall–Kier alpha value is -2.07. The Labute approximate surface area is 107 Å². The van der Waals surface area contributed by atoms with Crippen molar-refractivity contribution in [2.24, 2.45) is 0 Å². The number of hydrogen-bond donors (Lipinski definition) is 0. The first-order valence-electron chi connectivity index (χ1n) is 6.19. The third kappa shape index (κ3) is 2.43. The first kappa shape index (κ1) is 12.4. The van der Waals surface area contributed by atoms with Crippen LogP contribution in [0.3, 0.4) is 0 Å². The van der Waals surface area contributed by atoms with Gasteiger partial charge in [-0.25, -0.2) is 0 Å². The summed E-state index contributed by atoms with van der Waals surface area (Å²) in [4.78, 5) is 6.53. The Bertz CT molecular complexity index is 532. The van der Waals surface area contributed by atoms with Crippen molar-refractivity contribution < 1.29 is 0 Å². The minimum atomic E-state index is 0.488. The SMILES string of the molecule is Cc1cc(N(CCC#N)C2CC2)c(C#N)c(C)n1. The van der Waals surface area contributed by atoms with E-state index in [0.29, 0.717) is 24.6 Å². The fourth-order valence-electron chi connectivity index (χ4n) is 2.23. The second-order valence-electron chi connectivity index (χ2n) is 4.69. The maximum Gasteiger partial charge on any atom is 0.103 e. The van der Waals surface area contributed by atoms with Gasteiger partial charge in [0, 0.05) is 18.3 Å². The first-order valence-corrected chi connectivity index (χ1v) is 6.19. The minimum absolute atomic E-state index is 0.488. The van der Waals surface area contributed by atoms with Crippen LogP contribution in [0, 0.1) is 36.5 Å². The zero-order valence-electron chi connectivity index (χ0n) is 10.8. The van der Waals surface area contributed by atoms with Gasteiger partial charge in [-0.05, 0) is 32.8 Å². The molecule has 1 heterocycles. The van der Waals surface area contributed by atoms with Crippen molar-refractivity contribution in [1.29, 1.82) is 10.5 Å². The van der Waals surface area contributed by atoms with E-state index in [2.05, 4.69) is 22.0 Å². The Morgan fingerprint density at radius 3 is 2.67 bits per heavy atom. The molecule has 0 aliphatic heterocycles. The summed E-state index contributed by atoms with van der Waals surface area (Å²) >= 11 is 0. The van der Waals surface area contributed by atoms with E-state index in [-0.39, 0.29) is 0 Å². The van der Waals surface area contributed by atoms with E-state index >= 15 is 0 Å². The molecule has 18 heavy (non-hydrogen) atoms. The van der Waals surface area contributed by atoms with Crippen LogP contribution >= 0.6 is 0 Å². The number of aryl methyl sites for hydroxylation is 2. The molecule has 0 spiro atoms. The molecule has 0 N–H and O–H groups in total. The molecule has 0 bridgehead atoms. The van der Waals surface area contributed by atoms with Crippen LogP contribution in [0.5, 0.6) is 0 Å². The van der Waals surface area contributed by atoms with Crippen LogP contribution in [0.25, 0.3) is 0 Å². The Balaban J connectivity index is 2.40. The largest absolute Gasteiger partial charge is 0.366 e. The van der Waals surface area contributed by atoms with Crippen LogP contribution in [0.4, 0.5) is 5.69 Å². The summed E-state index contributed by atoms with van der Waals surface area (Å²) in [5.74, 6) is 0. The summed E-state index contributed by atoms with van der Waals surface area (Å²) in [5, 5.41) is 18.0. The molecular formula is C14H16N4. The zero-order valence-corrected chi connectivity index (χ0v) is 10.8. The van der Waals surface area contributed by atoms with Gasteiger partial charge >= 0.3 is 0 Å². The van der Waals surface area contributed by atoms with E-state index in [9.17, 15) is 5.26 Å². The number of nitriles is 2. The normalized spacial score (nSPS) is 13.8. The van der Waals surface area contributed by atoms with Gasteiger partial charge in [-0.15, -0.1) is 0 Å². The summed E-state index contributed by atoms with van der Waals surface area (Å²) in [5.41, 5.74) is 3.28. The first-order chi connectivity index (χ1) is 8.67. The number of nitrogens with zero attached hydrogens (tertiary/aromatic N) is 4. The fourth-order valence-corrected chi connectivity index (χ4v) is 2.23. The smallest absolute Gasteiger partial charge is 0.103 e. The molecule has 0 radical (unpaired) electrons. The molecule has 0 unspecified atom stereocenters. The highest BCUT2D eigenvalue weighted by molar-refractivity contribution is 5.62. The van der Waals surface area contributed by atoms with Gasteiger partial charge in [0.05, 0.1) is 29.4 Å². The highest BCUT2D eigenvalue weighted by Crippen LogP contribution is 2.34. The summed E-state index contributed by atoms with van der Waals surface area (Å²) in [7, 11) is 0. The molecule has 0 atom stereocenters. The lowest BCUT2D eigenvalue weighted by Gasteiger charge is -2.25. The van der Waals surface area contributed by atoms with Crippen molar-refractivity contribution in [2.75, 3.05) is 11.4 Å². The lowest BCUT2D eigenvalue weighted by molar-refractivity contribution is 0.788. The van der Waals surface area contributed by atoms with Crippen molar-refractivity contribution in [2.45, 2.75) is 39.2 Å². The lowest BCUT2D eigenvalue weighted by Crippen LogP contribution is -2.28. The van der Waals surface area contributed by atoms with Crippen LogP contribution in [-0.2, 0) is 0 Å². The molecule has 0 saturated heterocycles. The summed E-state index contributed by atoms with van der Waals surface area (Å²) in [6, 6.07) is 6.87. The van der Waals surface area contributed by atoms with Crippen molar-refractivity contribution in [3.05, 3.63) is 23.0 Å². The summed E-state index contributed by atoms with van der Waals surface area (Å²) < 4.78 is 0. The summed E-state index contributed by atoms with van der Waals surface area (Å²) in [6.45, 7) is 4.50. The molecule has 1 aromatic heterocycles. The molecular weight excluding hydrogens is 224 g/mol. The maximum atomic E-state index is 9.28. The average Bonchev–Trinajstić information content (AvgIpc) is 3.13. The van der Waals surface area contributed by atoms with E-state index in [0.717, 1.165) is 29.9 Å². The van der Waals surface area contributed by atoms with Crippen LogP contribution in [-0.4, -0.2) is 17.6 Å². The Kier molecular flexibility index (Phi) is 3.48. The molecule has 0 aromatic carbocycles. The number of hydrogen-bond acceptors (Lipinski definition) is 4. The van der Waals surface area contributed by atoms with E-state index in [1.807, 2.05) is 19.9 Å². The monoisotopic (exact) mass is 240 g/mol. The van der Waals surface area contributed by atoms with Crippen molar-refractivity contribution >= 4 is 5.69 Å². The zero-order chi connectivity index (χ0) is 13.1. The number of pyridine rings is 1. The second kappa shape index (κ2) is 5.06. The van der Waals surface area contributed by atoms with Gasteiger partial charge in [-0.3, -0.25) is 4.98 Å². The van der Waals surface area contributed by atoms with Crippen molar-refractivity contribution in [1.82, 2.24) is 4.98 Å². The van der Waals surface area contributed by atoms with Gasteiger partial charge in [0.1, 0.15) is 6.07 Å². The number of anilines is 1. The van der Waals surface area contributed by atoms with Crippen LogP contribution in [0.1, 0.15) is 36.2 Å². The molecule has 4 heteroatoms. The minimum Gasteiger partial charge on any atom is -0.366 e. The highest BCUT2D eigenvalue weighted by atomic mass is 15.2. The highest BCUT2D eigenvalue weighted by Gasteiger charge is 2.30. The van der Waals surface area contributed by atoms with Crippen molar-refractivity contribution in [3.63, 3.8) is 0 Å². The Morgan fingerprint density at radius 2 is 2.11 bits per heavy atom. The average molecular weight is 240 g/mol. The molecule has 2 rings (SSSR count). The standard InChI is InChI=1S/C14H16N4/c1-10-8-14(13(9-16)11(2)17-10)18(7-3-6-15)12-4-5-12/h8,12H,3-5,7H2,1-2H3. The van der Waals surface area contributed by atoms with Gasteiger partial charge in [-0.2, -0.15) is 10.5 Å². The topological polar surface area (TPSA) is 63.7 Å². The number of aromatic nitrogens is 1. The predicted octanol–water partition coefficient (Wildman–Crippen LogP) is 2.45. The van der Waals surface area contributed by atoms with Gasteiger partial charge in [-0.1, -0.05) is 0 Å². The van der Waals surface area contributed by atoms with Crippen LogP contribution in [0.15, 0.2) is 6.07 Å². The molecule has 1 aliphatic carbocycles. The molecule has 92 valence electrons. The van der Waals surface area contributed by atoms with Crippen LogP contribution in [0.2, 0.25) is 0 Å². The van der Waals surface area contributed by atoms with Crippen LogP contribution < -0.4 is 4.90 Å². The molecule has 1 aromatic rings. The maximum absolute atomic E-state index is 9.28. The van der Waals surface area contributed by atoms with Gasteiger partial charge < -0.3 is 4.90 Å². The quantitative estimate of drug-likeness (QED) is 0.811. The predicted molar refractivity (Wildman–Crippen MR) is 69.0 cm³/mol. The Morgan fingerprint density at radius 1 is 1.39 bits per heavy atom. The molecule has 4 nitrogen and oxygen atoms in total. The van der Waals surface area contributed by atoms with Gasteiger partial charge in [0.15, 0.2) is 0 Å². The van der Waals surface area contributed by atoms with Gasteiger partial charge in [0.25, 0.3) is 0 Å². The van der Waals surface area contributed by atoms with E-state index < -0.39 is 0 Å². The van der Waals surface area contributed by atoms with Crippen molar-refractivity contribution in [3.8, 4) is 12.1 Å². The fraction of sp³-hybridized carbons (Fsp3) is 0.500. The molecule has 1 saturated carbocycles. The summed E-state index contributed by atoms with van der Waals surface area (Å²) in [6.07, 6.45) is 2.79. The van der Waals surface area contributed by atoms with E-state index in [4.69, 9.17) is 5.26 Å².